The Kier molecular flexibility index (Phi) is 7.44. The van der Waals surface area contributed by atoms with Gasteiger partial charge in [0.1, 0.15) is 0 Å². The summed E-state index contributed by atoms with van der Waals surface area (Å²) in [6.07, 6.45) is 3.08. The van der Waals surface area contributed by atoms with E-state index in [0.717, 1.165) is 35.5 Å². The minimum atomic E-state index is 0. The van der Waals surface area contributed by atoms with E-state index >= 15 is 0 Å². The van der Waals surface area contributed by atoms with Crippen molar-refractivity contribution < 1.29 is 42.2 Å². The number of hydrogen-bond acceptors (Lipinski definition) is 1. The fourth-order valence-electron chi connectivity index (χ4n) is 2.53. The molecule has 1 radical (unpaired) electrons. The summed E-state index contributed by atoms with van der Waals surface area (Å²) in [6, 6.07) is 8.08. The maximum Gasteiger partial charge on any atom is 0.250 e. The molecule has 115 valence electrons. The number of para-hydroxylation sites is 1. The van der Waals surface area contributed by atoms with Crippen LogP contribution in [0.5, 0.6) is 0 Å². The van der Waals surface area contributed by atoms with Gasteiger partial charge in [0.2, 0.25) is 5.91 Å². The first-order chi connectivity index (χ1) is 10.0. The molecule has 2 rings (SSSR count). The number of carbonyl (C=O) groups excluding carboxylic acids is 1. The van der Waals surface area contributed by atoms with Gasteiger partial charge in [0.05, 0.1) is 5.69 Å². The molecule has 0 aliphatic carbocycles. The molecule has 0 saturated carbocycles. The number of rotatable bonds is 5. The van der Waals surface area contributed by atoms with Crippen molar-refractivity contribution in [1.29, 1.82) is 0 Å². The maximum atomic E-state index is 12.3. The van der Waals surface area contributed by atoms with Crippen LogP contribution in [-0.2, 0) is 50.6 Å². The summed E-state index contributed by atoms with van der Waals surface area (Å²) >= 11 is 0. The summed E-state index contributed by atoms with van der Waals surface area (Å²) in [5.74, 6) is 0.0107. The molecular weight excluding hydrogens is 351 g/mol. The number of carbonyl (C=O) groups is 1. The zero-order valence-corrected chi connectivity index (χ0v) is 16.7. The Morgan fingerprint density at radius 1 is 1.18 bits per heavy atom. The molecule has 1 aromatic heterocycles. The minimum absolute atomic E-state index is 0. The molecule has 0 atom stereocenters. The molecule has 0 saturated heterocycles. The number of aryl methyl sites for hydroxylation is 4. The maximum absolute atomic E-state index is 12.3. The number of hydrogen-bond donors (Lipinski definition) is 1. The molecule has 22 heavy (non-hydrogen) atoms. The molecule has 0 aliphatic rings. The van der Waals surface area contributed by atoms with Gasteiger partial charge in [-0.3, -0.25) is 4.79 Å². The Labute approximate surface area is 157 Å². The Morgan fingerprint density at radius 3 is 2.41 bits per heavy atom. The zero-order chi connectivity index (χ0) is 15.4. The summed E-state index contributed by atoms with van der Waals surface area (Å²) in [5.41, 5.74) is 4.21. The SMILES string of the molecule is CCC[n+]1ccc(C)n1CC(=O)Nc1c(C)cccc1C.[Y]. The number of nitrogens with one attached hydrogen (secondary N) is 1. The Hall–Kier alpha value is -0.996. The van der Waals surface area contributed by atoms with E-state index in [1.165, 1.54) is 0 Å². The second-order valence-electron chi connectivity index (χ2n) is 5.49. The molecule has 5 heteroatoms. The van der Waals surface area contributed by atoms with E-state index in [1.54, 1.807) is 0 Å². The number of nitrogens with zero attached hydrogens (tertiary/aromatic N) is 2. The standard InChI is InChI=1S/C17H23N3O.Y/c1-5-10-19-11-9-15(4)20(19)12-16(21)18-17-13(2)7-6-8-14(17)3;/h6-9,11H,5,10,12H2,1-4H3;/p+1. The van der Waals surface area contributed by atoms with E-state index in [2.05, 4.69) is 16.9 Å². The molecule has 4 nitrogen and oxygen atoms in total. The van der Waals surface area contributed by atoms with E-state index in [4.69, 9.17) is 0 Å². The largest absolute Gasteiger partial charge is 0.324 e. The molecule has 0 bridgehead atoms. The topological polar surface area (TPSA) is 37.9 Å². The zero-order valence-electron chi connectivity index (χ0n) is 13.9. The van der Waals surface area contributed by atoms with Gasteiger partial charge in [0.15, 0.2) is 19.3 Å². The Balaban J connectivity index is 0.00000242. The normalized spacial score (nSPS) is 10.2. The van der Waals surface area contributed by atoms with Gasteiger partial charge in [-0.05, 0) is 31.9 Å². The Morgan fingerprint density at radius 2 is 1.82 bits per heavy atom. The van der Waals surface area contributed by atoms with Crippen LogP contribution in [0.25, 0.3) is 0 Å². The fraction of sp³-hybridized carbons (Fsp3) is 0.412. The van der Waals surface area contributed by atoms with E-state index < -0.39 is 0 Å². The van der Waals surface area contributed by atoms with Crippen molar-refractivity contribution in [2.75, 3.05) is 5.32 Å². The predicted octanol–water partition coefficient (Wildman–Crippen LogP) is 2.75. The fourth-order valence-corrected chi connectivity index (χ4v) is 2.53. The first-order valence-corrected chi connectivity index (χ1v) is 7.45. The second-order valence-corrected chi connectivity index (χ2v) is 5.49. The predicted molar refractivity (Wildman–Crippen MR) is 84.2 cm³/mol. The van der Waals surface area contributed by atoms with Crippen molar-refractivity contribution in [1.82, 2.24) is 4.68 Å². The van der Waals surface area contributed by atoms with E-state index in [9.17, 15) is 4.79 Å². The van der Waals surface area contributed by atoms with Gasteiger partial charge in [-0.15, -0.1) is 9.36 Å². The summed E-state index contributed by atoms with van der Waals surface area (Å²) in [6.45, 7) is 9.45. The molecule has 1 heterocycles. The molecule has 0 fully saturated rings. The third-order valence-electron chi connectivity index (χ3n) is 3.70. The summed E-state index contributed by atoms with van der Waals surface area (Å²) in [7, 11) is 0. The van der Waals surface area contributed by atoms with Gasteiger partial charge >= 0.3 is 0 Å². The van der Waals surface area contributed by atoms with Crippen LogP contribution in [0, 0.1) is 20.8 Å². The van der Waals surface area contributed by atoms with Crippen molar-refractivity contribution in [3.8, 4) is 0 Å². The van der Waals surface area contributed by atoms with E-state index in [0.29, 0.717) is 6.54 Å². The molecule has 0 spiro atoms. The summed E-state index contributed by atoms with van der Waals surface area (Å²) < 4.78 is 4.12. The molecule has 1 aromatic carbocycles. The second kappa shape index (κ2) is 8.59. The number of anilines is 1. The number of aromatic nitrogens is 2. The number of benzene rings is 1. The third-order valence-corrected chi connectivity index (χ3v) is 3.70. The van der Waals surface area contributed by atoms with Crippen molar-refractivity contribution >= 4 is 11.6 Å². The molecule has 0 unspecified atom stereocenters. The van der Waals surface area contributed by atoms with Gasteiger partial charge in [0, 0.05) is 50.9 Å². The first kappa shape index (κ1) is 19.1. The van der Waals surface area contributed by atoms with Crippen LogP contribution in [0.3, 0.4) is 0 Å². The molecule has 1 amide bonds. The van der Waals surface area contributed by atoms with Crippen molar-refractivity contribution in [3.63, 3.8) is 0 Å². The van der Waals surface area contributed by atoms with Crippen LogP contribution in [0.15, 0.2) is 30.5 Å². The van der Waals surface area contributed by atoms with Gasteiger partial charge in [-0.25, -0.2) is 0 Å². The van der Waals surface area contributed by atoms with E-state index in [-0.39, 0.29) is 38.6 Å². The van der Waals surface area contributed by atoms with Gasteiger partial charge < -0.3 is 5.32 Å². The van der Waals surface area contributed by atoms with E-state index in [1.807, 2.05) is 55.9 Å². The molecular formula is C17H24N3OY+. The smallest absolute Gasteiger partial charge is 0.250 e. The van der Waals surface area contributed by atoms with Crippen molar-refractivity contribution in [2.45, 2.75) is 47.2 Å². The van der Waals surface area contributed by atoms with Gasteiger partial charge in [0.25, 0.3) is 0 Å². The average Bonchev–Trinajstić information content (AvgIpc) is 2.76. The first-order valence-electron chi connectivity index (χ1n) is 7.45. The molecule has 1 N–H and O–H groups in total. The third kappa shape index (κ3) is 4.50. The number of amides is 1. The molecule has 0 aliphatic heterocycles. The van der Waals surface area contributed by atoms with Crippen LogP contribution in [0.4, 0.5) is 5.69 Å². The van der Waals surface area contributed by atoms with Crippen LogP contribution >= 0.6 is 0 Å². The quantitative estimate of drug-likeness (QED) is 0.802. The summed E-state index contributed by atoms with van der Waals surface area (Å²) in [4.78, 5) is 12.3. The van der Waals surface area contributed by atoms with Crippen LogP contribution in [0.2, 0.25) is 0 Å². The Bertz CT molecular complexity index is 629. The van der Waals surface area contributed by atoms with Crippen LogP contribution in [-0.4, -0.2) is 10.6 Å². The monoisotopic (exact) mass is 375 g/mol. The van der Waals surface area contributed by atoms with Gasteiger partial charge in [-0.2, -0.15) is 0 Å². The van der Waals surface area contributed by atoms with Gasteiger partial charge in [-0.1, -0.05) is 25.1 Å². The molecule has 2 aromatic rings. The van der Waals surface area contributed by atoms with Crippen LogP contribution < -0.4 is 10.00 Å². The minimum Gasteiger partial charge on any atom is -0.324 e. The van der Waals surface area contributed by atoms with Crippen molar-refractivity contribution in [2.24, 2.45) is 0 Å². The van der Waals surface area contributed by atoms with Crippen LogP contribution in [0.1, 0.15) is 30.2 Å². The van der Waals surface area contributed by atoms with Crippen molar-refractivity contribution in [3.05, 3.63) is 47.3 Å². The summed E-state index contributed by atoms with van der Waals surface area (Å²) in [5, 5.41) is 3.04. The average molecular weight is 375 g/mol.